The number of methoxy groups -OCH3 is 1. The van der Waals surface area contributed by atoms with Gasteiger partial charge in [0.2, 0.25) is 6.78 Å². The molecule has 0 amide bonds. The van der Waals surface area contributed by atoms with E-state index < -0.39 is 6.78 Å². The Morgan fingerprint density at radius 2 is 2.43 bits per heavy atom. The molecule has 0 aliphatic carbocycles. The highest BCUT2D eigenvalue weighted by atomic mass is 35.9. The van der Waals surface area contributed by atoms with Crippen LogP contribution in [0.4, 0.5) is 0 Å². The highest BCUT2D eigenvalue weighted by molar-refractivity contribution is 8.03. The standard InChI is InChI=1S/C7H11Cl2N2O2P/c1-13-7(12)5-11-4-2-3-6(11)10-14(8)9/h2-5H2,1H3. The summed E-state index contributed by atoms with van der Waals surface area (Å²) in [5.74, 6) is 0.541. The van der Waals surface area contributed by atoms with Crippen molar-refractivity contribution in [1.82, 2.24) is 4.90 Å². The first-order chi connectivity index (χ1) is 6.63. The van der Waals surface area contributed by atoms with E-state index >= 15 is 0 Å². The number of carbonyl (C=O) groups is 1. The van der Waals surface area contributed by atoms with Crippen LogP contribution in [0.2, 0.25) is 0 Å². The fourth-order valence-corrected chi connectivity index (χ4v) is 2.23. The third-order valence-corrected chi connectivity index (χ3v) is 2.77. The molecule has 1 heterocycles. The zero-order valence-electron chi connectivity index (χ0n) is 7.74. The molecule has 1 fully saturated rings. The number of nitrogens with zero attached hydrogens (tertiary/aromatic N) is 2. The van der Waals surface area contributed by atoms with Crippen molar-refractivity contribution in [3.63, 3.8) is 0 Å². The average molecular weight is 257 g/mol. The van der Waals surface area contributed by atoms with Gasteiger partial charge in [-0.25, -0.2) is 4.76 Å². The van der Waals surface area contributed by atoms with E-state index in [1.807, 2.05) is 4.90 Å². The highest BCUT2D eigenvalue weighted by Gasteiger charge is 2.21. The molecule has 1 aliphatic rings. The SMILES string of the molecule is COC(=O)CN1CCCC1=NP(Cl)Cl. The molecule has 4 nitrogen and oxygen atoms in total. The van der Waals surface area contributed by atoms with Crippen LogP contribution in [0.3, 0.4) is 0 Å². The maximum Gasteiger partial charge on any atom is 0.325 e. The van der Waals surface area contributed by atoms with Gasteiger partial charge in [-0.15, -0.1) is 0 Å². The molecule has 0 aromatic carbocycles. The Kier molecular flexibility index (Phi) is 4.93. The first kappa shape index (κ1) is 12.0. The minimum absolute atomic E-state index is 0.228. The van der Waals surface area contributed by atoms with Gasteiger partial charge in [0.25, 0.3) is 0 Å². The van der Waals surface area contributed by atoms with Gasteiger partial charge in [0.05, 0.1) is 7.11 Å². The molecule has 0 saturated carbocycles. The topological polar surface area (TPSA) is 41.9 Å². The normalized spacial score (nSPS) is 19.4. The average Bonchev–Trinajstić information content (AvgIpc) is 2.52. The zero-order valence-corrected chi connectivity index (χ0v) is 10.1. The van der Waals surface area contributed by atoms with Crippen molar-refractivity contribution >= 4 is 41.1 Å². The van der Waals surface area contributed by atoms with Crippen molar-refractivity contribution in [1.29, 1.82) is 0 Å². The summed E-state index contributed by atoms with van der Waals surface area (Å²) in [5, 5.41) is 0. The largest absolute Gasteiger partial charge is 0.468 e. The molecular weight excluding hydrogens is 246 g/mol. The molecule has 0 aromatic rings. The number of ether oxygens (including phenoxy) is 1. The van der Waals surface area contributed by atoms with Crippen LogP contribution in [0.1, 0.15) is 12.8 Å². The van der Waals surface area contributed by atoms with Crippen molar-refractivity contribution in [2.45, 2.75) is 12.8 Å². The number of halogens is 2. The van der Waals surface area contributed by atoms with E-state index in [0.29, 0.717) is 0 Å². The van der Waals surface area contributed by atoms with E-state index in [4.69, 9.17) is 22.5 Å². The van der Waals surface area contributed by atoms with E-state index in [2.05, 4.69) is 9.50 Å². The zero-order chi connectivity index (χ0) is 10.6. The van der Waals surface area contributed by atoms with Gasteiger partial charge in [-0.05, 0) is 6.42 Å². The first-order valence-electron chi connectivity index (χ1n) is 4.14. The minimum atomic E-state index is -1.33. The van der Waals surface area contributed by atoms with Crippen molar-refractivity contribution in [2.75, 3.05) is 20.2 Å². The maximum absolute atomic E-state index is 11.0. The highest BCUT2D eigenvalue weighted by Crippen LogP contribution is 2.49. The van der Waals surface area contributed by atoms with Crippen LogP contribution < -0.4 is 0 Å². The van der Waals surface area contributed by atoms with Gasteiger partial charge < -0.3 is 9.64 Å². The lowest BCUT2D eigenvalue weighted by atomic mass is 10.4. The number of hydrogen-bond donors (Lipinski definition) is 0. The number of rotatable bonds is 3. The van der Waals surface area contributed by atoms with Crippen LogP contribution >= 0.6 is 29.3 Å². The fraction of sp³-hybridized carbons (Fsp3) is 0.714. The fourth-order valence-electron chi connectivity index (χ4n) is 1.31. The summed E-state index contributed by atoms with van der Waals surface area (Å²) >= 11 is 11.2. The molecule has 0 atom stereocenters. The summed E-state index contributed by atoms with van der Waals surface area (Å²) < 4.78 is 8.64. The summed E-state index contributed by atoms with van der Waals surface area (Å²) in [6, 6.07) is 0. The predicted molar refractivity (Wildman–Crippen MR) is 58.9 cm³/mol. The molecule has 0 spiro atoms. The van der Waals surface area contributed by atoms with Crippen LogP contribution in [-0.4, -0.2) is 36.9 Å². The monoisotopic (exact) mass is 256 g/mol. The molecule has 7 heteroatoms. The lowest BCUT2D eigenvalue weighted by Crippen LogP contribution is -2.31. The molecule has 1 aliphatic heterocycles. The number of esters is 1. The van der Waals surface area contributed by atoms with E-state index in [-0.39, 0.29) is 12.5 Å². The molecule has 0 N–H and O–H groups in total. The molecule has 1 rings (SSSR count). The number of amidine groups is 1. The summed E-state index contributed by atoms with van der Waals surface area (Å²) in [4.78, 5) is 12.9. The molecule has 1 saturated heterocycles. The Morgan fingerprint density at radius 3 is 3.00 bits per heavy atom. The van der Waals surface area contributed by atoms with Crippen LogP contribution in [0.15, 0.2) is 4.76 Å². The Balaban J connectivity index is 2.55. The molecule has 14 heavy (non-hydrogen) atoms. The third kappa shape index (κ3) is 3.60. The number of likely N-dealkylation sites (tertiary alicyclic amines) is 1. The van der Waals surface area contributed by atoms with Gasteiger partial charge in [-0.2, -0.15) is 0 Å². The molecule has 0 unspecified atom stereocenters. The van der Waals surface area contributed by atoms with E-state index in [1.54, 1.807) is 0 Å². The molecule has 0 aromatic heterocycles. The van der Waals surface area contributed by atoms with E-state index in [0.717, 1.165) is 25.2 Å². The van der Waals surface area contributed by atoms with Crippen LogP contribution in [0, 0.1) is 0 Å². The van der Waals surface area contributed by atoms with Gasteiger partial charge >= 0.3 is 5.97 Å². The summed E-state index contributed by atoms with van der Waals surface area (Å²) in [6.45, 7) is -0.290. The quantitative estimate of drug-likeness (QED) is 0.575. The molecular formula is C7H11Cl2N2O2P. The van der Waals surface area contributed by atoms with Crippen molar-refractivity contribution in [2.24, 2.45) is 4.76 Å². The number of hydrogen-bond acceptors (Lipinski definition) is 3. The Labute approximate surface area is 93.6 Å². The lowest BCUT2D eigenvalue weighted by Gasteiger charge is -2.16. The minimum Gasteiger partial charge on any atom is -0.468 e. The van der Waals surface area contributed by atoms with E-state index in [9.17, 15) is 4.79 Å². The van der Waals surface area contributed by atoms with Crippen LogP contribution in [-0.2, 0) is 9.53 Å². The molecule has 0 bridgehead atoms. The van der Waals surface area contributed by atoms with Crippen LogP contribution in [0.5, 0.6) is 0 Å². The first-order valence-corrected chi connectivity index (χ1v) is 7.25. The van der Waals surface area contributed by atoms with Gasteiger partial charge in [-0.3, -0.25) is 4.79 Å². The van der Waals surface area contributed by atoms with Gasteiger partial charge in [-0.1, -0.05) is 22.5 Å². The van der Waals surface area contributed by atoms with Crippen LogP contribution in [0.25, 0.3) is 0 Å². The predicted octanol–water partition coefficient (Wildman–Crippen LogP) is 2.36. The molecule has 0 radical (unpaired) electrons. The maximum atomic E-state index is 11.0. The van der Waals surface area contributed by atoms with Crippen molar-refractivity contribution in [3.8, 4) is 0 Å². The van der Waals surface area contributed by atoms with Crippen molar-refractivity contribution < 1.29 is 9.53 Å². The number of carbonyl (C=O) groups excluding carboxylic acids is 1. The van der Waals surface area contributed by atoms with Gasteiger partial charge in [0, 0.05) is 13.0 Å². The van der Waals surface area contributed by atoms with Gasteiger partial charge in [0.1, 0.15) is 12.4 Å². The summed E-state index contributed by atoms with van der Waals surface area (Å²) in [7, 11) is 1.37. The van der Waals surface area contributed by atoms with E-state index in [1.165, 1.54) is 7.11 Å². The third-order valence-electron chi connectivity index (χ3n) is 1.93. The lowest BCUT2D eigenvalue weighted by molar-refractivity contribution is -0.140. The second-order valence-corrected chi connectivity index (χ2v) is 5.90. The summed E-state index contributed by atoms with van der Waals surface area (Å²) in [6.07, 6.45) is 1.81. The molecule has 80 valence electrons. The smallest absolute Gasteiger partial charge is 0.325 e. The van der Waals surface area contributed by atoms with Crippen molar-refractivity contribution in [3.05, 3.63) is 0 Å². The Morgan fingerprint density at radius 1 is 1.71 bits per heavy atom. The summed E-state index contributed by atoms with van der Waals surface area (Å²) in [5.41, 5.74) is 0. The second-order valence-electron chi connectivity index (χ2n) is 2.83. The Bertz CT molecular complexity index is 248. The van der Waals surface area contributed by atoms with Gasteiger partial charge in [0.15, 0.2) is 0 Å². The second kappa shape index (κ2) is 5.74. The Hall–Kier alpha value is -0.0500.